The fourth-order valence-corrected chi connectivity index (χ4v) is 4.02. The van der Waals surface area contributed by atoms with E-state index in [0.29, 0.717) is 29.5 Å². The summed E-state index contributed by atoms with van der Waals surface area (Å²) < 4.78 is 1.75. The Bertz CT molecular complexity index is 665. The normalized spacial score (nSPS) is 21.0. The van der Waals surface area contributed by atoms with Gasteiger partial charge in [0.05, 0.1) is 12.3 Å². The lowest BCUT2D eigenvalue weighted by molar-refractivity contribution is -0.134. The average Bonchev–Trinajstić information content (AvgIpc) is 3.01. The second-order valence-electron chi connectivity index (χ2n) is 6.32. The standard InChI is InChI=1S/C17H23N5OS/c1-13-7-6-8-14(2)22(13)16(23)12-24-17-18-19-20-21(17)11-15-9-4-3-5-10-15/h3-5,9-10,13-14H,6-8,11-12H2,1-2H3/t13-,14-/m0/s1. The number of rotatable bonds is 5. The third kappa shape index (κ3) is 3.95. The Labute approximate surface area is 146 Å². The van der Waals surface area contributed by atoms with Crippen molar-refractivity contribution in [2.45, 2.75) is 56.9 Å². The lowest BCUT2D eigenvalue weighted by Crippen LogP contribution is -2.48. The van der Waals surface area contributed by atoms with Crippen LogP contribution in [0.25, 0.3) is 0 Å². The summed E-state index contributed by atoms with van der Waals surface area (Å²) >= 11 is 1.41. The Morgan fingerprint density at radius 2 is 1.92 bits per heavy atom. The molecule has 3 rings (SSSR count). The first-order valence-corrected chi connectivity index (χ1v) is 9.37. The van der Waals surface area contributed by atoms with Crippen LogP contribution in [-0.4, -0.2) is 48.9 Å². The number of likely N-dealkylation sites (tertiary alicyclic amines) is 1. The number of benzene rings is 1. The van der Waals surface area contributed by atoms with Crippen molar-refractivity contribution in [3.8, 4) is 0 Å². The molecule has 1 aliphatic heterocycles. The molecule has 1 aromatic heterocycles. The van der Waals surface area contributed by atoms with Crippen molar-refractivity contribution >= 4 is 17.7 Å². The van der Waals surface area contributed by atoms with Gasteiger partial charge in [-0.25, -0.2) is 4.68 Å². The van der Waals surface area contributed by atoms with Crippen LogP contribution in [-0.2, 0) is 11.3 Å². The van der Waals surface area contributed by atoms with E-state index >= 15 is 0 Å². The van der Waals surface area contributed by atoms with Gasteiger partial charge in [-0.1, -0.05) is 42.1 Å². The Balaban J connectivity index is 1.61. The monoisotopic (exact) mass is 345 g/mol. The van der Waals surface area contributed by atoms with Crippen molar-refractivity contribution in [2.24, 2.45) is 0 Å². The van der Waals surface area contributed by atoms with Crippen molar-refractivity contribution in [3.05, 3.63) is 35.9 Å². The molecule has 7 heteroatoms. The number of carbonyl (C=O) groups excluding carboxylic acids is 1. The van der Waals surface area contributed by atoms with Crippen molar-refractivity contribution in [3.63, 3.8) is 0 Å². The summed E-state index contributed by atoms with van der Waals surface area (Å²) in [5, 5.41) is 12.5. The molecule has 1 amide bonds. The lowest BCUT2D eigenvalue weighted by Gasteiger charge is -2.39. The quantitative estimate of drug-likeness (QED) is 0.780. The van der Waals surface area contributed by atoms with Gasteiger partial charge in [0.25, 0.3) is 0 Å². The first kappa shape index (κ1) is 17.0. The highest BCUT2D eigenvalue weighted by molar-refractivity contribution is 7.99. The molecule has 1 saturated heterocycles. The minimum atomic E-state index is 0.175. The Morgan fingerprint density at radius 1 is 1.21 bits per heavy atom. The van der Waals surface area contributed by atoms with Crippen LogP contribution in [0.4, 0.5) is 0 Å². The highest BCUT2D eigenvalue weighted by atomic mass is 32.2. The van der Waals surface area contributed by atoms with Crippen molar-refractivity contribution in [2.75, 3.05) is 5.75 Å². The van der Waals surface area contributed by atoms with Crippen LogP contribution >= 0.6 is 11.8 Å². The molecule has 1 aliphatic rings. The molecular formula is C17H23N5OS. The third-order valence-electron chi connectivity index (χ3n) is 4.48. The predicted octanol–water partition coefficient (Wildman–Crippen LogP) is 2.60. The molecule has 0 saturated carbocycles. The third-order valence-corrected chi connectivity index (χ3v) is 5.42. The van der Waals surface area contributed by atoms with Gasteiger partial charge in [-0.05, 0) is 49.1 Å². The summed E-state index contributed by atoms with van der Waals surface area (Å²) in [6.07, 6.45) is 3.38. The fraction of sp³-hybridized carbons (Fsp3) is 0.529. The van der Waals surface area contributed by atoms with Gasteiger partial charge in [0.2, 0.25) is 11.1 Å². The maximum absolute atomic E-state index is 12.6. The zero-order chi connectivity index (χ0) is 16.9. The molecule has 128 valence electrons. The molecular weight excluding hydrogens is 322 g/mol. The van der Waals surface area contributed by atoms with Crippen LogP contribution in [0.1, 0.15) is 38.7 Å². The summed E-state index contributed by atoms with van der Waals surface area (Å²) in [5.41, 5.74) is 1.14. The first-order chi connectivity index (χ1) is 11.6. The number of hydrogen-bond acceptors (Lipinski definition) is 5. The topological polar surface area (TPSA) is 63.9 Å². The van der Waals surface area contributed by atoms with Gasteiger partial charge < -0.3 is 4.90 Å². The summed E-state index contributed by atoms with van der Waals surface area (Å²) in [6, 6.07) is 10.7. The van der Waals surface area contributed by atoms with E-state index in [2.05, 4.69) is 29.4 Å². The molecule has 1 fully saturated rings. The van der Waals surface area contributed by atoms with Gasteiger partial charge in [0.15, 0.2) is 0 Å². The highest BCUT2D eigenvalue weighted by Gasteiger charge is 2.29. The van der Waals surface area contributed by atoms with Gasteiger partial charge in [-0.2, -0.15) is 0 Å². The fourth-order valence-electron chi connectivity index (χ4n) is 3.27. The largest absolute Gasteiger partial charge is 0.337 e. The van der Waals surface area contributed by atoms with E-state index in [9.17, 15) is 4.79 Å². The number of hydrogen-bond donors (Lipinski definition) is 0. The van der Waals surface area contributed by atoms with E-state index in [1.54, 1.807) is 4.68 Å². The molecule has 0 N–H and O–H groups in total. The van der Waals surface area contributed by atoms with E-state index in [0.717, 1.165) is 18.4 Å². The Kier molecular flexibility index (Phi) is 5.50. The smallest absolute Gasteiger partial charge is 0.233 e. The summed E-state index contributed by atoms with van der Waals surface area (Å²) in [4.78, 5) is 14.6. The minimum absolute atomic E-state index is 0.175. The molecule has 2 atom stereocenters. The number of piperidine rings is 1. The van der Waals surface area contributed by atoms with Crippen molar-refractivity contribution in [1.82, 2.24) is 25.1 Å². The van der Waals surface area contributed by atoms with Crippen LogP contribution in [0.3, 0.4) is 0 Å². The molecule has 0 radical (unpaired) electrons. The molecule has 2 heterocycles. The van der Waals surface area contributed by atoms with Crippen LogP contribution in [0.5, 0.6) is 0 Å². The highest BCUT2D eigenvalue weighted by Crippen LogP contribution is 2.24. The Hall–Kier alpha value is -1.89. The number of amides is 1. The van der Waals surface area contributed by atoms with E-state index in [1.807, 2.05) is 35.2 Å². The number of thioether (sulfide) groups is 1. The molecule has 0 spiro atoms. The van der Waals surface area contributed by atoms with Gasteiger partial charge in [-0.3, -0.25) is 4.79 Å². The summed E-state index contributed by atoms with van der Waals surface area (Å²) in [6.45, 7) is 4.89. The van der Waals surface area contributed by atoms with Gasteiger partial charge in [0.1, 0.15) is 0 Å². The molecule has 0 unspecified atom stereocenters. The predicted molar refractivity (Wildman–Crippen MR) is 93.7 cm³/mol. The zero-order valence-corrected chi connectivity index (χ0v) is 14.9. The SMILES string of the molecule is C[C@H]1CCC[C@H](C)N1C(=O)CSc1nnnn1Cc1ccccc1. The van der Waals surface area contributed by atoms with Gasteiger partial charge in [0, 0.05) is 12.1 Å². The second-order valence-corrected chi connectivity index (χ2v) is 7.27. The van der Waals surface area contributed by atoms with Crippen molar-refractivity contribution in [1.29, 1.82) is 0 Å². The minimum Gasteiger partial charge on any atom is -0.337 e. The first-order valence-electron chi connectivity index (χ1n) is 8.39. The molecule has 6 nitrogen and oxygen atoms in total. The van der Waals surface area contributed by atoms with Crippen LogP contribution in [0.2, 0.25) is 0 Å². The maximum atomic E-state index is 12.6. The van der Waals surface area contributed by atoms with Crippen molar-refractivity contribution < 1.29 is 4.79 Å². The van der Waals surface area contributed by atoms with E-state index in [4.69, 9.17) is 0 Å². The number of nitrogens with zero attached hydrogens (tertiary/aromatic N) is 5. The van der Waals surface area contributed by atoms with E-state index < -0.39 is 0 Å². The van der Waals surface area contributed by atoms with E-state index in [1.165, 1.54) is 18.2 Å². The second kappa shape index (κ2) is 7.79. The number of carbonyl (C=O) groups is 1. The number of tetrazole rings is 1. The maximum Gasteiger partial charge on any atom is 0.233 e. The Morgan fingerprint density at radius 3 is 2.62 bits per heavy atom. The van der Waals surface area contributed by atoms with Crippen LogP contribution in [0, 0.1) is 0 Å². The molecule has 1 aromatic carbocycles. The zero-order valence-electron chi connectivity index (χ0n) is 14.1. The summed E-state index contributed by atoms with van der Waals surface area (Å²) in [7, 11) is 0. The van der Waals surface area contributed by atoms with E-state index in [-0.39, 0.29) is 5.91 Å². The van der Waals surface area contributed by atoms with Crippen LogP contribution < -0.4 is 0 Å². The summed E-state index contributed by atoms with van der Waals surface area (Å²) in [5.74, 6) is 0.554. The molecule has 0 bridgehead atoms. The van der Waals surface area contributed by atoms with Crippen LogP contribution in [0.15, 0.2) is 35.5 Å². The average molecular weight is 345 g/mol. The molecule has 24 heavy (non-hydrogen) atoms. The lowest BCUT2D eigenvalue weighted by atomic mass is 9.98. The van der Waals surface area contributed by atoms with Gasteiger partial charge >= 0.3 is 0 Å². The van der Waals surface area contributed by atoms with Gasteiger partial charge in [-0.15, -0.1) is 5.10 Å². The molecule has 0 aliphatic carbocycles. The number of aromatic nitrogens is 4. The molecule has 2 aromatic rings.